The van der Waals surface area contributed by atoms with Crippen LogP contribution in [0.5, 0.6) is 0 Å². The van der Waals surface area contributed by atoms with Gasteiger partial charge in [-0.25, -0.2) is 0 Å². The third kappa shape index (κ3) is 2.96. The zero-order valence-corrected chi connectivity index (χ0v) is 12.1. The number of amides is 1. The second kappa shape index (κ2) is 6.35. The van der Waals surface area contributed by atoms with Crippen LogP contribution in [0.15, 0.2) is 30.5 Å². The number of methoxy groups -OCH3 is 1. The fraction of sp³-hybridized carbons (Fsp3) is 0.286. The molecule has 0 saturated carbocycles. The highest BCUT2D eigenvalue weighted by molar-refractivity contribution is 5.93. The van der Waals surface area contributed by atoms with Crippen molar-refractivity contribution in [2.45, 2.75) is 6.54 Å². The van der Waals surface area contributed by atoms with Gasteiger partial charge < -0.3 is 15.0 Å². The molecule has 22 heavy (non-hydrogen) atoms. The van der Waals surface area contributed by atoms with Gasteiger partial charge in [-0.05, 0) is 11.3 Å². The Bertz CT molecular complexity index is 778. The molecule has 0 fully saturated rings. The number of H-pyrrole nitrogens is 1. The Balaban J connectivity index is 1.72. The van der Waals surface area contributed by atoms with Crippen LogP contribution < -0.4 is 5.32 Å². The SMILES string of the molecule is COCCNC(=O)Cn1nnc(-c2c[nH]c3ccccc23)n1. The van der Waals surface area contributed by atoms with Crippen molar-refractivity contribution in [3.05, 3.63) is 30.5 Å². The Hall–Kier alpha value is -2.74. The lowest BCUT2D eigenvalue weighted by Gasteiger charge is -2.02. The van der Waals surface area contributed by atoms with Crippen molar-refractivity contribution >= 4 is 16.8 Å². The summed E-state index contributed by atoms with van der Waals surface area (Å²) in [5.74, 6) is 0.307. The van der Waals surface area contributed by atoms with E-state index in [1.54, 1.807) is 7.11 Å². The molecule has 0 unspecified atom stereocenters. The van der Waals surface area contributed by atoms with Gasteiger partial charge in [0.15, 0.2) is 0 Å². The van der Waals surface area contributed by atoms with E-state index in [4.69, 9.17) is 4.74 Å². The highest BCUT2D eigenvalue weighted by Crippen LogP contribution is 2.24. The van der Waals surface area contributed by atoms with E-state index in [9.17, 15) is 4.79 Å². The molecule has 3 aromatic rings. The molecule has 2 aromatic heterocycles. The quantitative estimate of drug-likeness (QED) is 0.649. The zero-order valence-electron chi connectivity index (χ0n) is 12.1. The van der Waals surface area contributed by atoms with E-state index >= 15 is 0 Å². The van der Waals surface area contributed by atoms with Crippen LogP contribution in [0, 0.1) is 0 Å². The molecular weight excluding hydrogens is 284 g/mol. The molecule has 0 atom stereocenters. The molecule has 0 aliphatic carbocycles. The van der Waals surface area contributed by atoms with E-state index < -0.39 is 0 Å². The maximum atomic E-state index is 11.7. The number of hydrogen-bond donors (Lipinski definition) is 2. The lowest BCUT2D eigenvalue weighted by atomic mass is 10.2. The first-order valence-corrected chi connectivity index (χ1v) is 6.88. The van der Waals surface area contributed by atoms with Crippen molar-refractivity contribution < 1.29 is 9.53 Å². The summed E-state index contributed by atoms with van der Waals surface area (Å²) in [7, 11) is 1.58. The normalized spacial score (nSPS) is 11.0. The lowest BCUT2D eigenvalue weighted by Crippen LogP contribution is -2.31. The predicted molar refractivity (Wildman–Crippen MR) is 80.0 cm³/mol. The average Bonchev–Trinajstić information content (AvgIpc) is 3.13. The fourth-order valence-corrected chi connectivity index (χ4v) is 2.15. The molecule has 8 heteroatoms. The number of tetrazole rings is 1. The minimum Gasteiger partial charge on any atom is -0.383 e. The number of nitrogens with one attached hydrogen (secondary N) is 2. The van der Waals surface area contributed by atoms with Gasteiger partial charge in [-0.3, -0.25) is 4.79 Å². The first-order valence-electron chi connectivity index (χ1n) is 6.88. The number of nitrogens with zero attached hydrogens (tertiary/aromatic N) is 4. The number of carbonyl (C=O) groups is 1. The molecule has 1 amide bonds. The van der Waals surface area contributed by atoms with Crippen molar-refractivity contribution in [3.8, 4) is 11.4 Å². The van der Waals surface area contributed by atoms with E-state index in [0.717, 1.165) is 16.5 Å². The minimum absolute atomic E-state index is 0.0269. The number of para-hydroxylation sites is 1. The number of aromatic nitrogens is 5. The third-order valence-electron chi connectivity index (χ3n) is 3.20. The number of fused-ring (bicyclic) bond motifs is 1. The lowest BCUT2D eigenvalue weighted by molar-refractivity contribution is -0.122. The van der Waals surface area contributed by atoms with Crippen molar-refractivity contribution in [2.75, 3.05) is 20.3 Å². The summed E-state index contributed by atoms with van der Waals surface area (Å²) in [6.45, 7) is 0.954. The second-order valence-corrected chi connectivity index (χ2v) is 4.73. The standard InChI is InChI=1S/C14H16N6O2/c1-22-7-6-15-13(21)9-20-18-14(17-19-20)11-8-16-12-5-3-2-4-10(11)12/h2-5,8,16H,6-7,9H2,1H3,(H,15,21). The molecule has 0 aliphatic rings. The maximum absolute atomic E-state index is 11.7. The summed E-state index contributed by atoms with van der Waals surface area (Å²) >= 11 is 0. The van der Waals surface area contributed by atoms with E-state index in [0.29, 0.717) is 19.0 Å². The van der Waals surface area contributed by atoms with Gasteiger partial charge in [0, 0.05) is 36.3 Å². The monoisotopic (exact) mass is 300 g/mol. The van der Waals surface area contributed by atoms with Crippen molar-refractivity contribution in [3.63, 3.8) is 0 Å². The number of benzene rings is 1. The highest BCUT2D eigenvalue weighted by atomic mass is 16.5. The van der Waals surface area contributed by atoms with Crippen molar-refractivity contribution in [1.82, 2.24) is 30.5 Å². The van der Waals surface area contributed by atoms with Gasteiger partial charge in [0.2, 0.25) is 11.7 Å². The topological polar surface area (TPSA) is 97.7 Å². The number of carbonyl (C=O) groups excluding carboxylic acids is 1. The molecule has 0 bridgehead atoms. The van der Waals surface area contributed by atoms with Gasteiger partial charge in [0.1, 0.15) is 6.54 Å². The molecule has 1 aromatic carbocycles. The van der Waals surface area contributed by atoms with Crippen LogP contribution in [0.2, 0.25) is 0 Å². The van der Waals surface area contributed by atoms with Crippen LogP contribution in [0.4, 0.5) is 0 Å². The summed E-state index contributed by atoms with van der Waals surface area (Å²) in [6.07, 6.45) is 1.84. The van der Waals surface area contributed by atoms with Crippen molar-refractivity contribution in [2.24, 2.45) is 0 Å². The Labute approximate surface area is 126 Å². The van der Waals surface area contributed by atoms with E-state index in [1.165, 1.54) is 4.80 Å². The fourth-order valence-electron chi connectivity index (χ4n) is 2.15. The van der Waals surface area contributed by atoms with E-state index in [1.807, 2.05) is 30.5 Å². The summed E-state index contributed by atoms with van der Waals surface area (Å²) in [5.41, 5.74) is 1.87. The van der Waals surface area contributed by atoms with Gasteiger partial charge in [-0.1, -0.05) is 18.2 Å². The molecule has 114 valence electrons. The minimum atomic E-state index is -0.181. The van der Waals surface area contributed by atoms with E-state index in [2.05, 4.69) is 25.7 Å². The smallest absolute Gasteiger partial charge is 0.243 e. The summed E-state index contributed by atoms with van der Waals surface area (Å²) in [5, 5.41) is 15.9. The van der Waals surface area contributed by atoms with Crippen LogP contribution in [-0.4, -0.2) is 51.4 Å². The third-order valence-corrected chi connectivity index (χ3v) is 3.20. The molecule has 2 heterocycles. The Morgan fingerprint density at radius 3 is 3.14 bits per heavy atom. The van der Waals surface area contributed by atoms with Crippen LogP contribution >= 0.6 is 0 Å². The average molecular weight is 300 g/mol. The van der Waals surface area contributed by atoms with Gasteiger partial charge in [-0.2, -0.15) is 4.80 Å². The molecule has 8 nitrogen and oxygen atoms in total. The van der Waals surface area contributed by atoms with Crippen LogP contribution in [0.25, 0.3) is 22.3 Å². The summed E-state index contributed by atoms with van der Waals surface area (Å²) < 4.78 is 4.87. The molecule has 0 spiro atoms. The van der Waals surface area contributed by atoms with Gasteiger partial charge in [0.05, 0.1) is 6.61 Å². The Morgan fingerprint density at radius 1 is 1.41 bits per heavy atom. The largest absolute Gasteiger partial charge is 0.383 e. The van der Waals surface area contributed by atoms with Crippen LogP contribution in [-0.2, 0) is 16.1 Å². The summed E-state index contributed by atoms with van der Waals surface area (Å²) in [6, 6.07) is 7.87. The first-order chi connectivity index (χ1) is 10.8. The molecule has 2 N–H and O–H groups in total. The Morgan fingerprint density at radius 2 is 2.27 bits per heavy atom. The van der Waals surface area contributed by atoms with Gasteiger partial charge in [0.25, 0.3) is 0 Å². The van der Waals surface area contributed by atoms with E-state index in [-0.39, 0.29) is 12.5 Å². The number of aromatic amines is 1. The van der Waals surface area contributed by atoms with Gasteiger partial charge in [-0.15, -0.1) is 10.2 Å². The van der Waals surface area contributed by atoms with Crippen LogP contribution in [0.1, 0.15) is 0 Å². The molecule has 3 rings (SSSR count). The number of ether oxygens (including phenoxy) is 1. The Kier molecular flexibility index (Phi) is 4.10. The molecule has 0 saturated heterocycles. The molecule has 0 radical (unpaired) electrons. The first kappa shape index (κ1) is 14.2. The molecule has 0 aliphatic heterocycles. The number of hydrogen-bond acceptors (Lipinski definition) is 5. The predicted octanol–water partition coefficient (Wildman–Crippen LogP) is 0.584. The second-order valence-electron chi connectivity index (χ2n) is 4.73. The summed E-state index contributed by atoms with van der Waals surface area (Å²) in [4.78, 5) is 16.1. The van der Waals surface area contributed by atoms with Crippen molar-refractivity contribution in [1.29, 1.82) is 0 Å². The van der Waals surface area contributed by atoms with Gasteiger partial charge >= 0.3 is 0 Å². The zero-order chi connectivity index (χ0) is 15.4. The number of rotatable bonds is 6. The molecular formula is C14H16N6O2. The maximum Gasteiger partial charge on any atom is 0.243 e. The highest BCUT2D eigenvalue weighted by Gasteiger charge is 2.12. The van der Waals surface area contributed by atoms with Crippen LogP contribution in [0.3, 0.4) is 0 Å².